The number of carbonyl (C=O) groups excluding carboxylic acids is 2. The van der Waals surface area contributed by atoms with Crippen molar-refractivity contribution in [3.8, 4) is 0 Å². The van der Waals surface area contributed by atoms with E-state index in [4.69, 9.17) is 4.74 Å². The SMILES string of the molecule is CC(=O)N1CCCN(C(=O)[C@H](OC2CCCC2)c2ccccc2)CC1. The van der Waals surface area contributed by atoms with Crippen molar-refractivity contribution in [2.24, 2.45) is 0 Å². The summed E-state index contributed by atoms with van der Waals surface area (Å²) in [5, 5.41) is 0. The Balaban J connectivity index is 1.73. The van der Waals surface area contributed by atoms with E-state index in [1.165, 1.54) is 12.8 Å². The summed E-state index contributed by atoms with van der Waals surface area (Å²) < 4.78 is 6.26. The van der Waals surface area contributed by atoms with Gasteiger partial charge in [0.2, 0.25) is 5.91 Å². The van der Waals surface area contributed by atoms with Gasteiger partial charge in [-0.2, -0.15) is 0 Å². The Bertz CT molecular complexity index is 584. The van der Waals surface area contributed by atoms with E-state index in [-0.39, 0.29) is 17.9 Å². The Morgan fingerprint density at radius 2 is 1.60 bits per heavy atom. The van der Waals surface area contributed by atoms with Gasteiger partial charge in [0, 0.05) is 33.1 Å². The molecule has 1 saturated heterocycles. The Morgan fingerprint density at radius 1 is 0.960 bits per heavy atom. The summed E-state index contributed by atoms with van der Waals surface area (Å²) in [6.45, 7) is 4.17. The summed E-state index contributed by atoms with van der Waals surface area (Å²) in [5.41, 5.74) is 0.923. The van der Waals surface area contributed by atoms with Crippen LogP contribution in [0.15, 0.2) is 30.3 Å². The first kappa shape index (κ1) is 17.9. The van der Waals surface area contributed by atoms with Gasteiger partial charge in [-0.25, -0.2) is 0 Å². The minimum Gasteiger partial charge on any atom is -0.360 e. The predicted molar refractivity (Wildman–Crippen MR) is 96.0 cm³/mol. The maximum Gasteiger partial charge on any atom is 0.256 e. The summed E-state index contributed by atoms with van der Waals surface area (Å²) in [6.07, 6.45) is 4.89. The predicted octanol–water partition coefficient (Wildman–Crippen LogP) is 2.77. The average Bonchev–Trinajstić information content (AvgIpc) is 3.01. The number of hydrogen-bond donors (Lipinski definition) is 0. The van der Waals surface area contributed by atoms with E-state index in [0.717, 1.165) is 31.4 Å². The molecular weight excluding hydrogens is 316 g/mol. The fraction of sp³-hybridized carbons (Fsp3) is 0.600. The monoisotopic (exact) mass is 344 g/mol. The van der Waals surface area contributed by atoms with Crippen LogP contribution in [0, 0.1) is 0 Å². The molecule has 0 aromatic heterocycles. The van der Waals surface area contributed by atoms with Gasteiger partial charge in [-0.15, -0.1) is 0 Å². The molecule has 25 heavy (non-hydrogen) atoms. The molecule has 2 aliphatic rings. The third kappa shape index (κ3) is 4.60. The van der Waals surface area contributed by atoms with Crippen LogP contribution < -0.4 is 0 Å². The van der Waals surface area contributed by atoms with Gasteiger partial charge in [0.1, 0.15) is 0 Å². The molecule has 0 unspecified atom stereocenters. The zero-order valence-electron chi connectivity index (χ0n) is 15.0. The van der Waals surface area contributed by atoms with E-state index < -0.39 is 6.10 Å². The molecule has 5 heteroatoms. The number of hydrogen-bond acceptors (Lipinski definition) is 3. The van der Waals surface area contributed by atoms with Crippen molar-refractivity contribution in [1.82, 2.24) is 9.80 Å². The van der Waals surface area contributed by atoms with Gasteiger partial charge >= 0.3 is 0 Å². The van der Waals surface area contributed by atoms with Gasteiger partial charge in [0.25, 0.3) is 5.91 Å². The van der Waals surface area contributed by atoms with Gasteiger partial charge in [-0.05, 0) is 24.8 Å². The highest BCUT2D eigenvalue weighted by molar-refractivity contribution is 5.82. The van der Waals surface area contributed by atoms with Crippen LogP contribution in [0.3, 0.4) is 0 Å². The van der Waals surface area contributed by atoms with Crippen LogP contribution in [0.2, 0.25) is 0 Å². The minimum atomic E-state index is -0.534. The molecule has 1 aliphatic carbocycles. The highest BCUT2D eigenvalue weighted by Gasteiger charge is 2.31. The average molecular weight is 344 g/mol. The zero-order valence-corrected chi connectivity index (χ0v) is 15.0. The number of ether oxygens (including phenoxy) is 1. The number of carbonyl (C=O) groups is 2. The van der Waals surface area contributed by atoms with Gasteiger partial charge in [0.15, 0.2) is 6.10 Å². The van der Waals surface area contributed by atoms with E-state index in [0.29, 0.717) is 19.6 Å². The molecule has 2 fully saturated rings. The van der Waals surface area contributed by atoms with Crippen LogP contribution >= 0.6 is 0 Å². The molecule has 1 aromatic rings. The summed E-state index contributed by atoms with van der Waals surface area (Å²) in [6, 6.07) is 9.80. The van der Waals surface area contributed by atoms with Crippen LogP contribution in [-0.2, 0) is 14.3 Å². The fourth-order valence-corrected chi connectivity index (χ4v) is 3.74. The van der Waals surface area contributed by atoms with Crippen LogP contribution in [0.5, 0.6) is 0 Å². The lowest BCUT2D eigenvalue weighted by molar-refractivity contribution is -0.148. The lowest BCUT2D eigenvalue weighted by atomic mass is 10.1. The van der Waals surface area contributed by atoms with Crippen molar-refractivity contribution in [1.29, 1.82) is 0 Å². The molecule has 136 valence electrons. The smallest absolute Gasteiger partial charge is 0.256 e. The van der Waals surface area contributed by atoms with Crippen LogP contribution in [-0.4, -0.2) is 53.9 Å². The van der Waals surface area contributed by atoms with Crippen molar-refractivity contribution < 1.29 is 14.3 Å². The third-order valence-electron chi connectivity index (χ3n) is 5.21. The summed E-state index contributed by atoms with van der Waals surface area (Å²) in [7, 11) is 0. The van der Waals surface area contributed by atoms with E-state index in [1.807, 2.05) is 40.1 Å². The third-order valence-corrected chi connectivity index (χ3v) is 5.21. The highest BCUT2D eigenvalue weighted by Crippen LogP contribution is 2.29. The fourth-order valence-electron chi connectivity index (χ4n) is 3.74. The molecule has 1 saturated carbocycles. The molecule has 1 aliphatic heterocycles. The first-order valence-corrected chi connectivity index (χ1v) is 9.40. The van der Waals surface area contributed by atoms with Crippen molar-refractivity contribution in [3.63, 3.8) is 0 Å². The highest BCUT2D eigenvalue weighted by atomic mass is 16.5. The molecule has 3 rings (SSSR count). The second kappa shape index (κ2) is 8.48. The van der Waals surface area contributed by atoms with Crippen molar-refractivity contribution in [3.05, 3.63) is 35.9 Å². The van der Waals surface area contributed by atoms with Crippen molar-refractivity contribution in [2.45, 2.75) is 51.2 Å². The van der Waals surface area contributed by atoms with Crippen LogP contribution in [0.25, 0.3) is 0 Å². The maximum absolute atomic E-state index is 13.2. The zero-order chi connectivity index (χ0) is 17.6. The van der Waals surface area contributed by atoms with E-state index >= 15 is 0 Å². The Kier molecular flexibility index (Phi) is 6.08. The summed E-state index contributed by atoms with van der Waals surface area (Å²) in [4.78, 5) is 28.5. The number of rotatable bonds is 4. The largest absolute Gasteiger partial charge is 0.360 e. The Hall–Kier alpha value is -1.88. The normalized spacial score (nSPS) is 20.4. The number of nitrogens with zero attached hydrogens (tertiary/aromatic N) is 2. The molecule has 2 amide bonds. The molecule has 1 aromatic carbocycles. The summed E-state index contributed by atoms with van der Waals surface area (Å²) >= 11 is 0. The molecule has 1 heterocycles. The maximum atomic E-state index is 13.2. The minimum absolute atomic E-state index is 0.0310. The first-order chi connectivity index (χ1) is 12.1. The number of amides is 2. The second-order valence-corrected chi connectivity index (χ2v) is 7.02. The van der Waals surface area contributed by atoms with Gasteiger partial charge < -0.3 is 14.5 Å². The lowest BCUT2D eigenvalue weighted by Gasteiger charge is -2.28. The van der Waals surface area contributed by atoms with Crippen molar-refractivity contribution in [2.75, 3.05) is 26.2 Å². The summed E-state index contributed by atoms with van der Waals surface area (Å²) in [5.74, 6) is 0.111. The first-order valence-electron chi connectivity index (χ1n) is 9.40. The van der Waals surface area contributed by atoms with Gasteiger partial charge in [-0.1, -0.05) is 43.2 Å². The topological polar surface area (TPSA) is 49.9 Å². The lowest BCUT2D eigenvalue weighted by Crippen LogP contribution is -2.40. The molecule has 5 nitrogen and oxygen atoms in total. The van der Waals surface area contributed by atoms with Crippen LogP contribution in [0.4, 0.5) is 0 Å². The Labute approximate surface area is 149 Å². The molecular formula is C20H28N2O3. The van der Waals surface area contributed by atoms with Crippen molar-refractivity contribution >= 4 is 11.8 Å². The van der Waals surface area contributed by atoms with Gasteiger partial charge in [-0.3, -0.25) is 9.59 Å². The van der Waals surface area contributed by atoms with E-state index in [1.54, 1.807) is 6.92 Å². The van der Waals surface area contributed by atoms with Gasteiger partial charge in [0.05, 0.1) is 6.10 Å². The molecule has 0 bridgehead atoms. The van der Waals surface area contributed by atoms with E-state index in [2.05, 4.69) is 0 Å². The standard InChI is InChI=1S/C20H28N2O3/c1-16(23)21-12-7-13-22(15-14-21)20(24)19(17-8-3-2-4-9-17)25-18-10-5-6-11-18/h2-4,8-9,18-19H,5-7,10-15H2,1H3/t19-/m1/s1. The number of benzene rings is 1. The van der Waals surface area contributed by atoms with E-state index in [9.17, 15) is 9.59 Å². The molecule has 1 atom stereocenters. The quantitative estimate of drug-likeness (QED) is 0.844. The Morgan fingerprint density at radius 3 is 2.28 bits per heavy atom. The molecule has 0 spiro atoms. The van der Waals surface area contributed by atoms with Crippen LogP contribution in [0.1, 0.15) is 50.7 Å². The second-order valence-electron chi connectivity index (χ2n) is 7.02. The molecule has 0 N–H and O–H groups in total. The molecule has 0 radical (unpaired) electrons.